The van der Waals surface area contributed by atoms with Crippen LogP contribution in [0.25, 0.3) is 0 Å². The van der Waals surface area contributed by atoms with Crippen LogP contribution in [-0.4, -0.2) is 83.0 Å². The lowest BCUT2D eigenvalue weighted by atomic mass is 9.85. The number of amides is 2. The van der Waals surface area contributed by atoms with Gasteiger partial charge in [0.1, 0.15) is 0 Å². The molecule has 3 aliphatic rings. The maximum absolute atomic E-state index is 12.3. The second-order valence-corrected chi connectivity index (χ2v) is 7.32. The highest BCUT2D eigenvalue weighted by atomic mass is 16.3. The van der Waals surface area contributed by atoms with E-state index < -0.39 is 6.10 Å². The summed E-state index contributed by atoms with van der Waals surface area (Å²) in [7, 11) is 1.85. The van der Waals surface area contributed by atoms with Gasteiger partial charge in [-0.1, -0.05) is 0 Å². The number of nitrogens with zero attached hydrogens (tertiary/aromatic N) is 3. The van der Waals surface area contributed by atoms with E-state index in [0.717, 1.165) is 58.3 Å². The van der Waals surface area contributed by atoms with E-state index >= 15 is 0 Å². The molecule has 23 heavy (non-hydrogen) atoms. The maximum Gasteiger partial charge on any atom is 0.225 e. The largest absolute Gasteiger partial charge is 0.389 e. The van der Waals surface area contributed by atoms with Crippen molar-refractivity contribution in [3.8, 4) is 0 Å². The Kier molecular flexibility index (Phi) is 4.92. The monoisotopic (exact) mass is 323 g/mol. The van der Waals surface area contributed by atoms with Crippen molar-refractivity contribution in [1.29, 1.82) is 0 Å². The van der Waals surface area contributed by atoms with Crippen LogP contribution in [0.2, 0.25) is 0 Å². The number of aliphatic hydroxyl groups is 1. The number of aliphatic hydroxyl groups excluding tert-OH is 1. The van der Waals surface area contributed by atoms with Gasteiger partial charge in [-0.3, -0.25) is 14.5 Å². The first-order valence-electron chi connectivity index (χ1n) is 8.93. The second-order valence-electron chi connectivity index (χ2n) is 7.32. The first-order valence-corrected chi connectivity index (χ1v) is 8.93. The first kappa shape index (κ1) is 16.7. The normalized spacial score (nSPS) is 32.7. The van der Waals surface area contributed by atoms with Crippen molar-refractivity contribution in [1.82, 2.24) is 14.7 Å². The first-order chi connectivity index (χ1) is 11.0. The van der Waals surface area contributed by atoms with Gasteiger partial charge in [0.15, 0.2) is 0 Å². The molecule has 0 spiro atoms. The third-order valence-electron chi connectivity index (χ3n) is 5.79. The van der Waals surface area contributed by atoms with Crippen molar-refractivity contribution < 1.29 is 14.7 Å². The van der Waals surface area contributed by atoms with Crippen LogP contribution in [0.5, 0.6) is 0 Å². The van der Waals surface area contributed by atoms with Gasteiger partial charge in [0.25, 0.3) is 0 Å². The molecule has 1 N–H and O–H groups in total. The summed E-state index contributed by atoms with van der Waals surface area (Å²) in [5.41, 5.74) is 0. The molecule has 0 unspecified atom stereocenters. The third kappa shape index (κ3) is 3.53. The Morgan fingerprint density at radius 1 is 1.04 bits per heavy atom. The van der Waals surface area contributed by atoms with Crippen LogP contribution in [0.1, 0.15) is 39.0 Å². The van der Waals surface area contributed by atoms with Gasteiger partial charge in [0.2, 0.25) is 11.8 Å². The minimum absolute atomic E-state index is 0.0623. The molecule has 0 aromatic heterocycles. The molecule has 0 bridgehead atoms. The highest BCUT2D eigenvalue weighted by Crippen LogP contribution is 2.34. The number of carbonyl (C=O) groups excluding carboxylic acids is 2. The van der Waals surface area contributed by atoms with Gasteiger partial charge < -0.3 is 14.9 Å². The standard InChI is InChI=1S/C17H29N3O3/c1-12(21)19-8-10-20(11-9-19)15-5-3-4-14(16(15)22)18(2)17(23)13-6-7-13/h13-16,22H,3-11H2,1-2H3/t14-,15-,16-/m1/s1. The Morgan fingerprint density at radius 3 is 2.26 bits per heavy atom. The molecule has 2 amide bonds. The summed E-state index contributed by atoms with van der Waals surface area (Å²) in [4.78, 5) is 29.7. The highest BCUT2D eigenvalue weighted by Gasteiger charge is 2.42. The molecule has 1 saturated heterocycles. The molecule has 1 aliphatic heterocycles. The fourth-order valence-electron chi connectivity index (χ4n) is 4.11. The number of hydrogen-bond acceptors (Lipinski definition) is 4. The average molecular weight is 323 g/mol. The third-order valence-corrected chi connectivity index (χ3v) is 5.79. The molecule has 0 aromatic rings. The summed E-state index contributed by atoms with van der Waals surface area (Å²) < 4.78 is 0. The number of likely N-dealkylation sites (N-methyl/N-ethyl adjacent to an activating group) is 1. The summed E-state index contributed by atoms with van der Waals surface area (Å²) in [5.74, 6) is 0.532. The molecule has 3 fully saturated rings. The predicted octanol–water partition coefficient (Wildman–Crippen LogP) is 0.301. The van der Waals surface area contributed by atoms with Crippen LogP contribution in [0.3, 0.4) is 0 Å². The van der Waals surface area contributed by atoms with Gasteiger partial charge in [-0.05, 0) is 32.1 Å². The van der Waals surface area contributed by atoms with Crippen LogP contribution in [0.15, 0.2) is 0 Å². The summed E-state index contributed by atoms with van der Waals surface area (Å²) in [6, 6.07) is 0.0463. The lowest BCUT2D eigenvalue weighted by Gasteiger charge is -2.46. The smallest absolute Gasteiger partial charge is 0.225 e. The Morgan fingerprint density at radius 2 is 1.70 bits per heavy atom. The zero-order valence-electron chi connectivity index (χ0n) is 14.3. The fraction of sp³-hybridized carbons (Fsp3) is 0.882. The Hall–Kier alpha value is -1.14. The molecule has 6 nitrogen and oxygen atoms in total. The number of carbonyl (C=O) groups is 2. The van der Waals surface area contributed by atoms with E-state index in [0.29, 0.717) is 0 Å². The zero-order chi connectivity index (χ0) is 16.6. The lowest BCUT2D eigenvalue weighted by Crippen LogP contribution is -2.60. The van der Waals surface area contributed by atoms with Crippen molar-refractivity contribution in [2.24, 2.45) is 5.92 Å². The molecule has 2 saturated carbocycles. The minimum Gasteiger partial charge on any atom is -0.389 e. The molecule has 3 rings (SSSR count). The highest BCUT2D eigenvalue weighted by molar-refractivity contribution is 5.81. The topological polar surface area (TPSA) is 64.1 Å². The van der Waals surface area contributed by atoms with Crippen LogP contribution in [0, 0.1) is 5.92 Å². The summed E-state index contributed by atoms with van der Waals surface area (Å²) in [6.45, 7) is 4.71. The van der Waals surface area contributed by atoms with Crippen LogP contribution >= 0.6 is 0 Å². The van der Waals surface area contributed by atoms with Gasteiger partial charge >= 0.3 is 0 Å². The summed E-state index contributed by atoms with van der Waals surface area (Å²) in [5, 5.41) is 10.9. The average Bonchev–Trinajstić information content (AvgIpc) is 3.39. The van der Waals surface area contributed by atoms with Crippen molar-refractivity contribution in [2.45, 2.75) is 57.2 Å². The molecule has 3 atom stereocenters. The Labute approximate surface area is 138 Å². The second kappa shape index (κ2) is 6.77. The molecule has 1 heterocycles. The predicted molar refractivity (Wildman–Crippen MR) is 86.8 cm³/mol. The van der Waals surface area contributed by atoms with Crippen molar-refractivity contribution in [2.75, 3.05) is 33.2 Å². The quantitative estimate of drug-likeness (QED) is 0.811. The lowest BCUT2D eigenvalue weighted by molar-refractivity contribution is -0.140. The molecule has 0 radical (unpaired) electrons. The van der Waals surface area contributed by atoms with E-state index in [2.05, 4.69) is 4.90 Å². The number of rotatable bonds is 3. The van der Waals surface area contributed by atoms with E-state index in [1.54, 1.807) is 11.8 Å². The molecular formula is C17H29N3O3. The number of piperazine rings is 1. The van der Waals surface area contributed by atoms with Crippen LogP contribution < -0.4 is 0 Å². The molecule has 6 heteroatoms. The minimum atomic E-state index is -0.486. The summed E-state index contributed by atoms with van der Waals surface area (Å²) in [6.07, 6.45) is 4.43. The van der Waals surface area contributed by atoms with Crippen molar-refractivity contribution in [3.05, 3.63) is 0 Å². The Bertz CT molecular complexity index is 458. The van der Waals surface area contributed by atoms with E-state index in [9.17, 15) is 14.7 Å². The van der Waals surface area contributed by atoms with E-state index in [1.807, 2.05) is 11.9 Å². The van der Waals surface area contributed by atoms with E-state index in [1.165, 1.54) is 0 Å². The number of hydrogen-bond donors (Lipinski definition) is 1. The van der Waals surface area contributed by atoms with Crippen LogP contribution in [0.4, 0.5) is 0 Å². The van der Waals surface area contributed by atoms with Gasteiger partial charge in [-0.25, -0.2) is 0 Å². The fourth-order valence-corrected chi connectivity index (χ4v) is 4.11. The molecule has 2 aliphatic carbocycles. The van der Waals surface area contributed by atoms with Crippen molar-refractivity contribution in [3.63, 3.8) is 0 Å². The SMILES string of the molecule is CC(=O)N1CCN([C@@H]2CCC[C@@H](N(C)C(=O)C3CC3)[C@H]2O)CC1. The van der Waals surface area contributed by atoms with Crippen LogP contribution in [-0.2, 0) is 9.59 Å². The summed E-state index contributed by atoms with van der Waals surface area (Å²) >= 11 is 0. The van der Waals surface area contributed by atoms with Gasteiger partial charge in [-0.2, -0.15) is 0 Å². The van der Waals surface area contributed by atoms with Gasteiger partial charge in [0, 0.05) is 52.1 Å². The molecule has 0 aromatic carbocycles. The Balaban J connectivity index is 1.60. The maximum atomic E-state index is 12.3. The van der Waals surface area contributed by atoms with Crippen molar-refractivity contribution >= 4 is 11.8 Å². The van der Waals surface area contributed by atoms with Gasteiger partial charge in [0.05, 0.1) is 12.1 Å². The zero-order valence-corrected chi connectivity index (χ0v) is 14.3. The van der Waals surface area contributed by atoms with E-state index in [-0.39, 0.29) is 29.8 Å². The molecule has 130 valence electrons. The van der Waals surface area contributed by atoms with Gasteiger partial charge in [-0.15, -0.1) is 0 Å². The molecular weight excluding hydrogens is 294 g/mol. The van der Waals surface area contributed by atoms with E-state index in [4.69, 9.17) is 0 Å².